The zero-order chi connectivity index (χ0) is 24.2. The molecule has 5 nitrogen and oxygen atoms in total. The van der Waals surface area contributed by atoms with Gasteiger partial charge < -0.3 is 5.32 Å². The van der Waals surface area contributed by atoms with E-state index < -0.39 is 0 Å². The first-order valence-electron chi connectivity index (χ1n) is 11.8. The zero-order valence-electron chi connectivity index (χ0n) is 19.2. The highest BCUT2D eigenvalue weighted by atomic mass is 35.5. The maximum Gasteiger partial charge on any atom is 0.262 e. The van der Waals surface area contributed by atoms with Gasteiger partial charge in [0.05, 0.1) is 17.4 Å². The Morgan fingerprint density at radius 3 is 2.54 bits per heavy atom. The monoisotopic (exact) mass is 503 g/mol. The molecule has 0 atom stereocenters. The molecule has 1 aliphatic carbocycles. The van der Waals surface area contributed by atoms with Crippen LogP contribution in [0.2, 0.25) is 5.02 Å². The van der Waals surface area contributed by atoms with Crippen molar-refractivity contribution in [3.05, 3.63) is 105 Å². The fraction of sp³-hybridized carbons (Fsp3) is 0.250. The highest BCUT2D eigenvalue weighted by Gasteiger charge is 2.18. The largest absolute Gasteiger partial charge is 0.349 e. The van der Waals surface area contributed by atoms with E-state index in [1.54, 1.807) is 4.57 Å². The molecule has 0 aliphatic heterocycles. The number of nitrogens with one attached hydrogen (secondary N) is 1. The molecule has 1 aromatic heterocycles. The molecular formula is C28H26ClN3O2S. The number of aromatic nitrogens is 2. The number of nitrogens with zero attached hydrogens (tertiary/aromatic N) is 2. The minimum atomic E-state index is -0.0766. The molecule has 178 valence electrons. The van der Waals surface area contributed by atoms with Crippen molar-refractivity contribution in [2.45, 2.75) is 49.2 Å². The summed E-state index contributed by atoms with van der Waals surface area (Å²) >= 11 is 7.65. The van der Waals surface area contributed by atoms with Gasteiger partial charge in [0, 0.05) is 22.4 Å². The molecule has 0 saturated heterocycles. The number of thioether (sulfide) groups is 1. The van der Waals surface area contributed by atoms with Crippen LogP contribution in [0.5, 0.6) is 0 Å². The fourth-order valence-corrected chi connectivity index (χ4v) is 5.61. The molecule has 3 aromatic carbocycles. The van der Waals surface area contributed by atoms with Gasteiger partial charge in [0.1, 0.15) is 0 Å². The Morgan fingerprint density at radius 1 is 1.00 bits per heavy atom. The van der Waals surface area contributed by atoms with Crippen molar-refractivity contribution in [2.24, 2.45) is 0 Å². The molecule has 4 aromatic rings. The number of hydrogen-bond acceptors (Lipinski definition) is 4. The topological polar surface area (TPSA) is 64.0 Å². The van der Waals surface area contributed by atoms with E-state index in [4.69, 9.17) is 16.6 Å². The van der Waals surface area contributed by atoms with Crippen LogP contribution < -0.4 is 10.9 Å². The second-order valence-electron chi connectivity index (χ2n) is 8.87. The third-order valence-electron chi connectivity index (χ3n) is 6.33. The molecule has 1 fully saturated rings. The van der Waals surface area contributed by atoms with E-state index in [0.717, 1.165) is 24.0 Å². The number of halogens is 1. The van der Waals surface area contributed by atoms with Gasteiger partial charge in [0.15, 0.2) is 5.16 Å². The summed E-state index contributed by atoms with van der Waals surface area (Å²) in [6.07, 6.45) is 4.46. The van der Waals surface area contributed by atoms with Crippen LogP contribution in [0, 0.1) is 0 Å². The van der Waals surface area contributed by atoms with Crippen molar-refractivity contribution in [1.82, 2.24) is 14.9 Å². The van der Waals surface area contributed by atoms with Crippen LogP contribution in [-0.2, 0) is 12.3 Å². The number of hydrogen-bond donors (Lipinski definition) is 1. The van der Waals surface area contributed by atoms with Gasteiger partial charge in [-0.25, -0.2) is 4.98 Å². The van der Waals surface area contributed by atoms with Crippen molar-refractivity contribution < 1.29 is 4.79 Å². The molecular weight excluding hydrogens is 478 g/mol. The summed E-state index contributed by atoms with van der Waals surface area (Å²) in [5.41, 5.74) is 3.24. The predicted molar refractivity (Wildman–Crippen MR) is 142 cm³/mol. The van der Waals surface area contributed by atoms with Gasteiger partial charge >= 0.3 is 0 Å². The number of rotatable bonds is 7. The summed E-state index contributed by atoms with van der Waals surface area (Å²) in [6.45, 7) is 0.374. The average molecular weight is 504 g/mol. The Bertz CT molecular complexity index is 1410. The standard InChI is InChI=1S/C28H26ClN3O2S/c29-22-7-5-6-20(16-22)18-35-28-31-25-11-4-3-10-24(25)27(34)32(28)17-19-12-14-21(15-13-19)26(33)30-23-8-1-2-9-23/h3-7,10-16,23H,1-2,8-9,17-18H2,(H,30,33). The number of fused-ring (bicyclic) bond motifs is 1. The van der Waals surface area contributed by atoms with Gasteiger partial charge in [-0.1, -0.05) is 72.6 Å². The first kappa shape index (κ1) is 23.6. The first-order valence-corrected chi connectivity index (χ1v) is 13.2. The molecule has 0 spiro atoms. The third kappa shape index (κ3) is 5.60. The van der Waals surface area contributed by atoms with Gasteiger partial charge in [-0.2, -0.15) is 0 Å². The molecule has 0 radical (unpaired) electrons. The van der Waals surface area contributed by atoms with Crippen molar-refractivity contribution in [3.8, 4) is 0 Å². The molecule has 1 amide bonds. The Balaban J connectivity index is 1.40. The predicted octanol–water partition coefficient (Wildman–Crippen LogP) is 6.06. The second kappa shape index (κ2) is 10.7. The highest BCUT2D eigenvalue weighted by Crippen LogP contribution is 2.24. The summed E-state index contributed by atoms with van der Waals surface area (Å²) in [6, 6.07) is 22.9. The minimum absolute atomic E-state index is 0.0363. The van der Waals surface area contributed by atoms with E-state index in [0.29, 0.717) is 38.9 Å². The Morgan fingerprint density at radius 2 is 1.77 bits per heavy atom. The molecule has 0 bridgehead atoms. The molecule has 1 heterocycles. The van der Waals surface area contributed by atoms with Crippen LogP contribution in [0.4, 0.5) is 0 Å². The number of benzene rings is 3. The van der Waals surface area contributed by atoms with Gasteiger partial charge in [0.2, 0.25) is 0 Å². The number of carbonyl (C=O) groups is 1. The SMILES string of the molecule is O=C(NC1CCCC1)c1ccc(Cn2c(SCc3cccc(Cl)c3)nc3ccccc3c2=O)cc1. The van der Waals surface area contributed by atoms with E-state index >= 15 is 0 Å². The summed E-state index contributed by atoms with van der Waals surface area (Å²) < 4.78 is 1.71. The van der Waals surface area contributed by atoms with Crippen LogP contribution in [0.1, 0.15) is 47.2 Å². The Kier molecular flexibility index (Phi) is 7.21. The quantitative estimate of drug-likeness (QED) is 0.246. The maximum absolute atomic E-state index is 13.4. The lowest BCUT2D eigenvalue weighted by Gasteiger charge is -2.14. The van der Waals surface area contributed by atoms with E-state index in [1.165, 1.54) is 24.6 Å². The van der Waals surface area contributed by atoms with Gasteiger partial charge in [-0.05, 0) is 60.4 Å². The van der Waals surface area contributed by atoms with E-state index in [-0.39, 0.29) is 17.5 Å². The van der Waals surface area contributed by atoms with E-state index in [9.17, 15) is 9.59 Å². The second-order valence-corrected chi connectivity index (χ2v) is 10.3. The summed E-state index contributed by atoms with van der Waals surface area (Å²) in [4.78, 5) is 30.8. The van der Waals surface area contributed by atoms with Gasteiger partial charge in [-0.3, -0.25) is 14.2 Å². The molecule has 1 aliphatic rings. The van der Waals surface area contributed by atoms with Crippen molar-refractivity contribution in [2.75, 3.05) is 0 Å². The average Bonchev–Trinajstić information content (AvgIpc) is 3.38. The number of carbonyl (C=O) groups excluding carboxylic acids is 1. The first-order chi connectivity index (χ1) is 17.1. The van der Waals surface area contributed by atoms with Crippen LogP contribution in [0.15, 0.2) is 82.7 Å². The lowest BCUT2D eigenvalue weighted by molar-refractivity contribution is 0.0938. The fourth-order valence-electron chi connectivity index (χ4n) is 4.45. The molecule has 7 heteroatoms. The van der Waals surface area contributed by atoms with Crippen molar-refractivity contribution >= 4 is 40.2 Å². The number of amides is 1. The molecule has 5 rings (SSSR count). The number of para-hydroxylation sites is 1. The van der Waals surface area contributed by atoms with Crippen LogP contribution in [0.3, 0.4) is 0 Å². The van der Waals surface area contributed by atoms with Crippen LogP contribution in [0.25, 0.3) is 10.9 Å². The van der Waals surface area contributed by atoms with Crippen molar-refractivity contribution in [1.29, 1.82) is 0 Å². The Hall–Kier alpha value is -3.09. The van der Waals surface area contributed by atoms with Crippen LogP contribution >= 0.6 is 23.4 Å². The smallest absolute Gasteiger partial charge is 0.262 e. The zero-order valence-corrected chi connectivity index (χ0v) is 20.8. The molecule has 1 N–H and O–H groups in total. The lowest BCUT2D eigenvalue weighted by Crippen LogP contribution is -2.32. The van der Waals surface area contributed by atoms with Gasteiger partial charge in [0.25, 0.3) is 11.5 Å². The van der Waals surface area contributed by atoms with Crippen molar-refractivity contribution in [3.63, 3.8) is 0 Å². The summed E-state index contributed by atoms with van der Waals surface area (Å²) in [5.74, 6) is 0.608. The Labute approximate surface area is 213 Å². The van der Waals surface area contributed by atoms with E-state index in [2.05, 4.69) is 5.32 Å². The molecule has 0 unspecified atom stereocenters. The normalized spacial score (nSPS) is 13.9. The summed E-state index contributed by atoms with van der Waals surface area (Å²) in [7, 11) is 0. The van der Waals surface area contributed by atoms with Gasteiger partial charge in [-0.15, -0.1) is 0 Å². The molecule has 1 saturated carbocycles. The highest BCUT2D eigenvalue weighted by molar-refractivity contribution is 7.98. The van der Waals surface area contributed by atoms with Crippen LogP contribution in [-0.4, -0.2) is 21.5 Å². The molecule has 35 heavy (non-hydrogen) atoms. The minimum Gasteiger partial charge on any atom is -0.349 e. The lowest BCUT2D eigenvalue weighted by atomic mass is 10.1. The third-order valence-corrected chi connectivity index (χ3v) is 7.61. The maximum atomic E-state index is 13.4. The summed E-state index contributed by atoms with van der Waals surface area (Å²) in [5, 5.41) is 5.05. The van der Waals surface area contributed by atoms with E-state index in [1.807, 2.05) is 72.8 Å².